The van der Waals surface area contributed by atoms with Gasteiger partial charge in [-0.3, -0.25) is 0 Å². The van der Waals surface area contributed by atoms with E-state index in [1.165, 1.54) is 6.33 Å². The van der Waals surface area contributed by atoms with Gasteiger partial charge in [0.05, 0.1) is 0 Å². The first-order valence-electron chi connectivity index (χ1n) is 3.59. The van der Waals surface area contributed by atoms with Gasteiger partial charge in [0.1, 0.15) is 18.2 Å². The molecule has 1 aliphatic rings. The molecule has 0 aliphatic heterocycles. The average Bonchev–Trinajstić information content (AvgIpc) is 2.71. The minimum atomic E-state index is 0.365. The van der Waals surface area contributed by atoms with Crippen LogP contribution in [0.25, 0.3) is 0 Å². The van der Waals surface area contributed by atoms with E-state index in [2.05, 4.69) is 9.97 Å². The third-order valence-corrected chi connectivity index (χ3v) is 1.47. The molecule has 1 fully saturated rings. The van der Waals surface area contributed by atoms with Gasteiger partial charge in [0.2, 0.25) is 5.88 Å². The molecule has 0 aromatic carbocycles. The summed E-state index contributed by atoms with van der Waals surface area (Å²) >= 11 is 0. The van der Waals surface area contributed by atoms with Gasteiger partial charge in [0.25, 0.3) is 0 Å². The Kier molecular flexibility index (Phi) is 1.38. The van der Waals surface area contributed by atoms with Crippen molar-refractivity contribution in [2.75, 3.05) is 5.73 Å². The highest BCUT2D eigenvalue weighted by molar-refractivity contribution is 5.31. The zero-order chi connectivity index (χ0) is 7.68. The first-order valence-corrected chi connectivity index (χ1v) is 3.59. The summed E-state index contributed by atoms with van der Waals surface area (Å²) in [5, 5.41) is 0. The molecule has 11 heavy (non-hydrogen) atoms. The molecular formula is C7H9N3O. The number of nitrogens with two attached hydrogens (primary N) is 1. The molecule has 1 heterocycles. The van der Waals surface area contributed by atoms with Gasteiger partial charge in [-0.2, -0.15) is 0 Å². The lowest BCUT2D eigenvalue weighted by Gasteiger charge is -2.01. The number of hydrogen-bond acceptors (Lipinski definition) is 4. The Labute approximate surface area is 64.4 Å². The number of hydrogen-bond donors (Lipinski definition) is 1. The van der Waals surface area contributed by atoms with Gasteiger partial charge in [-0.1, -0.05) is 0 Å². The zero-order valence-corrected chi connectivity index (χ0v) is 6.03. The fourth-order valence-corrected chi connectivity index (χ4v) is 0.775. The number of ether oxygens (including phenoxy) is 1. The second-order valence-corrected chi connectivity index (χ2v) is 2.60. The lowest BCUT2D eigenvalue weighted by Crippen LogP contribution is -1.99. The molecule has 1 aromatic rings. The van der Waals surface area contributed by atoms with E-state index in [1.54, 1.807) is 6.07 Å². The van der Waals surface area contributed by atoms with Gasteiger partial charge in [-0.15, -0.1) is 0 Å². The molecule has 0 atom stereocenters. The maximum Gasteiger partial charge on any atom is 0.218 e. The van der Waals surface area contributed by atoms with Crippen LogP contribution < -0.4 is 10.5 Å². The Bertz CT molecular complexity index is 260. The largest absolute Gasteiger partial charge is 0.474 e. The van der Waals surface area contributed by atoms with Gasteiger partial charge in [-0.05, 0) is 12.8 Å². The molecular weight excluding hydrogens is 142 g/mol. The first kappa shape index (κ1) is 6.39. The summed E-state index contributed by atoms with van der Waals surface area (Å²) in [4.78, 5) is 7.66. The van der Waals surface area contributed by atoms with Crippen molar-refractivity contribution in [3.63, 3.8) is 0 Å². The Balaban J connectivity index is 2.10. The standard InChI is InChI=1S/C7H9N3O/c8-6-3-7(10-4-9-6)11-5-1-2-5/h3-5H,1-2H2,(H2,8,9,10). The normalized spacial score (nSPS) is 16.4. The van der Waals surface area contributed by atoms with Gasteiger partial charge in [-0.25, -0.2) is 9.97 Å². The molecule has 0 spiro atoms. The third kappa shape index (κ3) is 1.58. The monoisotopic (exact) mass is 151 g/mol. The molecule has 0 unspecified atom stereocenters. The van der Waals surface area contributed by atoms with Crippen LogP contribution >= 0.6 is 0 Å². The lowest BCUT2D eigenvalue weighted by atomic mass is 10.6. The second-order valence-electron chi connectivity index (χ2n) is 2.60. The van der Waals surface area contributed by atoms with E-state index in [0.717, 1.165) is 12.8 Å². The summed E-state index contributed by atoms with van der Waals surface area (Å²) in [6.07, 6.45) is 4.03. The minimum Gasteiger partial charge on any atom is -0.474 e. The van der Waals surface area contributed by atoms with Crippen LogP contribution in [0.3, 0.4) is 0 Å². The van der Waals surface area contributed by atoms with Gasteiger partial charge < -0.3 is 10.5 Å². The summed E-state index contributed by atoms with van der Waals surface area (Å²) in [5.74, 6) is 1.04. The molecule has 0 bridgehead atoms. The fraction of sp³-hybridized carbons (Fsp3) is 0.429. The van der Waals surface area contributed by atoms with Crippen molar-refractivity contribution in [2.45, 2.75) is 18.9 Å². The molecule has 0 amide bonds. The van der Waals surface area contributed by atoms with Crippen LogP contribution in [-0.4, -0.2) is 16.1 Å². The van der Waals surface area contributed by atoms with Crippen LogP contribution in [0.15, 0.2) is 12.4 Å². The molecule has 1 saturated carbocycles. The van der Waals surface area contributed by atoms with Crippen molar-refractivity contribution in [1.29, 1.82) is 0 Å². The van der Waals surface area contributed by atoms with Crippen molar-refractivity contribution in [1.82, 2.24) is 9.97 Å². The van der Waals surface area contributed by atoms with Crippen molar-refractivity contribution >= 4 is 5.82 Å². The van der Waals surface area contributed by atoms with E-state index in [-0.39, 0.29) is 0 Å². The average molecular weight is 151 g/mol. The van der Waals surface area contributed by atoms with E-state index in [9.17, 15) is 0 Å². The highest BCUT2D eigenvalue weighted by Crippen LogP contribution is 2.25. The van der Waals surface area contributed by atoms with Crippen LogP contribution in [0.5, 0.6) is 5.88 Å². The smallest absolute Gasteiger partial charge is 0.218 e. The van der Waals surface area contributed by atoms with E-state index in [4.69, 9.17) is 10.5 Å². The Hall–Kier alpha value is -1.32. The van der Waals surface area contributed by atoms with Crippen LogP contribution in [-0.2, 0) is 0 Å². The molecule has 4 heteroatoms. The highest BCUT2D eigenvalue weighted by Gasteiger charge is 2.23. The maximum atomic E-state index is 5.42. The molecule has 1 aromatic heterocycles. The van der Waals surface area contributed by atoms with Crippen molar-refractivity contribution in [2.24, 2.45) is 0 Å². The Morgan fingerprint density at radius 2 is 2.27 bits per heavy atom. The topological polar surface area (TPSA) is 61.0 Å². The molecule has 2 rings (SSSR count). The highest BCUT2D eigenvalue weighted by atomic mass is 16.5. The van der Waals surface area contributed by atoms with Crippen LogP contribution in [0.1, 0.15) is 12.8 Å². The van der Waals surface area contributed by atoms with E-state index in [0.29, 0.717) is 17.8 Å². The van der Waals surface area contributed by atoms with E-state index < -0.39 is 0 Å². The number of nitrogens with zero attached hydrogens (tertiary/aromatic N) is 2. The predicted molar refractivity (Wildman–Crippen MR) is 40.1 cm³/mol. The van der Waals surface area contributed by atoms with Crippen molar-refractivity contribution in [3.05, 3.63) is 12.4 Å². The summed E-state index contributed by atoms with van der Waals surface area (Å²) in [7, 11) is 0. The number of rotatable bonds is 2. The first-order chi connectivity index (χ1) is 5.34. The minimum absolute atomic E-state index is 0.365. The third-order valence-electron chi connectivity index (χ3n) is 1.47. The predicted octanol–water partition coefficient (Wildman–Crippen LogP) is 0.600. The number of anilines is 1. The number of aromatic nitrogens is 2. The van der Waals surface area contributed by atoms with Gasteiger partial charge in [0.15, 0.2) is 0 Å². The summed E-state index contributed by atoms with van der Waals surface area (Å²) in [6.45, 7) is 0. The second kappa shape index (κ2) is 2.38. The molecule has 0 radical (unpaired) electrons. The number of nitrogen functional groups attached to an aromatic ring is 1. The summed E-state index contributed by atoms with van der Waals surface area (Å²) < 4.78 is 5.38. The Morgan fingerprint density at radius 1 is 1.45 bits per heavy atom. The molecule has 58 valence electrons. The summed E-state index contributed by atoms with van der Waals surface area (Å²) in [6, 6.07) is 1.64. The maximum absolute atomic E-state index is 5.42. The SMILES string of the molecule is Nc1cc(OC2CC2)ncn1. The summed E-state index contributed by atoms with van der Waals surface area (Å²) in [5.41, 5.74) is 5.42. The van der Waals surface area contributed by atoms with Gasteiger partial charge in [0, 0.05) is 6.07 Å². The Morgan fingerprint density at radius 3 is 2.91 bits per heavy atom. The fourth-order valence-electron chi connectivity index (χ4n) is 0.775. The molecule has 1 aliphatic carbocycles. The van der Waals surface area contributed by atoms with Gasteiger partial charge >= 0.3 is 0 Å². The van der Waals surface area contributed by atoms with Crippen molar-refractivity contribution < 1.29 is 4.74 Å². The van der Waals surface area contributed by atoms with E-state index >= 15 is 0 Å². The van der Waals surface area contributed by atoms with Crippen LogP contribution in [0.2, 0.25) is 0 Å². The van der Waals surface area contributed by atoms with Crippen molar-refractivity contribution in [3.8, 4) is 5.88 Å². The van der Waals surface area contributed by atoms with Crippen LogP contribution in [0, 0.1) is 0 Å². The quantitative estimate of drug-likeness (QED) is 0.672. The van der Waals surface area contributed by atoms with Crippen LogP contribution in [0.4, 0.5) is 5.82 Å². The molecule has 4 nitrogen and oxygen atoms in total. The molecule has 0 saturated heterocycles. The van der Waals surface area contributed by atoms with E-state index in [1.807, 2.05) is 0 Å². The molecule has 2 N–H and O–H groups in total. The zero-order valence-electron chi connectivity index (χ0n) is 6.03. The lowest BCUT2D eigenvalue weighted by molar-refractivity contribution is 0.290.